The third kappa shape index (κ3) is 6.65. The summed E-state index contributed by atoms with van der Waals surface area (Å²) >= 11 is 0. The summed E-state index contributed by atoms with van der Waals surface area (Å²) in [5.41, 5.74) is 2.93. The van der Waals surface area contributed by atoms with Gasteiger partial charge in [-0.15, -0.1) is 0 Å². The third-order valence-corrected chi connectivity index (χ3v) is 5.33. The predicted molar refractivity (Wildman–Crippen MR) is 122 cm³/mol. The van der Waals surface area contributed by atoms with Crippen LogP contribution < -0.4 is 5.32 Å². The molecule has 0 saturated carbocycles. The minimum atomic E-state index is -0.245. The van der Waals surface area contributed by atoms with Gasteiger partial charge >= 0.3 is 6.03 Å². The van der Waals surface area contributed by atoms with Crippen LogP contribution in [-0.4, -0.2) is 45.4 Å². The number of carbonyl (C=O) groups is 2. The summed E-state index contributed by atoms with van der Waals surface area (Å²) in [7, 11) is 1.98. The number of nitrogens with one attached hydrogen (secondary N) is 1. The van der Waals surface area contributed by atoms with Gasteiger partial charge in [-0.2, -0.15) is 0 Å². The van der Waals surface area contributed by atoms with Gasteiger partial charge in [0.25, 0.3) is 0 Å². The van der Waals surface area contributed by atoms with Gasteiger partial charge in [0.1, 0.15) is 6.54 Å². The Hall–Kier alpha value is -2.76. The lowest BCUT2D eigenvalue weighted by atomic mass is 10.2. The lowest BCUT2D eigenvalue weighted by Crippen LogP contribution is -2.48. The van der Waals surface area contributed by atoms with E-state index in [0.717, 1.165) is 23.4 Å². The second kappa shape index (κ2) is 10.9. The fourth-order valence-electron chi connectivity index (χ4n) is 3.28. The Kier molecular flexibility index (Phi) is 8.51. The Morgan fingerprint density at radius 1 is 1.10 bits per heavy atom. The summed E-state index contributed by atoms with van der Waals surface area (Å²) in [4.78, 5) is 29.7. The fraction of sp³-hybridized carbons (Fsp3) is 0.500. The molecule has 2 aromatic rings. The molecule has 0 bridgehead atoms. The van der Waals surface area contributed by atoms with E-state index in [2.05, 4.69) is 19.2 Å². The number of nitrogens with zero attached hydrogens (tertiary/aromatic N) is 3. The number of aryl methyl sites for hydroxylation is 2. The zero-order valence-electron chi connectivity index (χ0n) is 19.2. The SMILES string of the molecule is CC[C@@H](C)N(CC(=O)N(Cc1cccn1C)CC(C)C)C(=O)Nc1ccc(C)cc1. The molecular weight excluding hydrogens is 376 g/mol. The first kappa shape index (κ1) is 23.5. The van der Waals surface area contributed by atoms with Crippen LogP contribution in [0.2, 0.25) is 0 Å². The Bertz CT molecular complexity index is 826. The lowest BCUT2D eigenvalue weighted by Gasteiger charge is -2.32. The van der Waals surface area contributed by atoms with Crippen molar-refractivity contribution in [1.29, 1.82) is 0 Å². The largest absolute Gasteiger partial charge is 0.353 e. The molecule has 6 heteroatoms. The monoisotopic (exact) mass is 412 g/mol. The van der Waals surface area contributed by atoms with Crippen molar-refractivity contribution in [2.75, 3.05) is 18.4 Å². The summed E-state index contributed by atoms with van der Waals surface area (Å²) in [6.07, 6.45) is 2.75. The smallest absolute Gasteiger partial charge is 0.322 e. The van der Waals surface area contributed by atoms with Crippen LogP contribution in [0.4, 0.5) is 10.5 Å². The van der Waals surface area contributed by atoms with Crippen molar-refractivity contribution in [3.8, 4) is 0 Å². The van der Waals surface area contributed by atoms with Crippen molar-refractivity contribution >= 4 is 17.6 Å². The topological polar surface area (TPSA) is 57.6 Å². The standard InChI is InChI=1S/C24H36N4O2/c1-7-20(5)28(24(30)25-21-12-10-19(4)11-13-21)17-23(29)27(15-18(2)3)16-22-9-8-14-26(22)6/h8-14,18,20H,7,15-17H2,1-6H3,(H,25,30)/t20-/m1/s1. The second-order valence-corrected chi connectivity index (χ2v) is 8.46. The highest BCUT2D eigenvalue weighted by Crippen LogP contribution is 2.14. The maximum atomic E-state index is 13.2. The summed E-state index contributed by atoms with van der Waals surface area (Å²) in [6, 6.07) is 11.4. The van der Waals surface area contributed by atoms with E-state index >= 15 is 0 Å². The maximum Gasteiger partial charge on any atom is 0.322 e. The Labute approximate surface area is 180 Å². The molecule has 0 spiro atoms. The molecule has 2 rings (SSSR count). The van der Waals surface area contributed by atoms with Gasteiger partial charge in [-0.05, 0) is 50.5 Å². The number of benzene rings is 1. The highest BCUT2D eigenvalue weighted by Gasteiger charge is 2.25. The van der Waals surface area contributed by atoms with E-state index in [4.69, 9.17) is 0 Å². The average Bonchev–Trinajstić information content (AvgIpc) is 3.10. The first-order chi connectivity index (χ1) is 14.2. The molecule has 0 radical (unpaired) electrons. The molecule has 0 aliphatic heterocycles. The van der Waals surface area contributed by atoms with Crippen LogP contribution in [0.25, 0.3) is 0 Å². The van der Waals surface area contributed by atoms with Crippen molar-refractivity contribution in [3.63, 3.8) is 0 Å². The molecule has 0 saturated heterocycles. The molecular formula is C24H36N4O2. The molecule has 0 aliphatic rings. The van der Waals surface area contributed by atoms with Crippen LogP contribution in [0.1, 0.15) is 45.4 Å². The van der Waals surface area contributed by atoms with E-state index in [9.17, 15) is 9.59 Å². The van der Waals surface area contributed by atoms with Crippen molar-refractivity contribution < 1.29 is 9.59 Å². The van der Waals surface area contributed by atoms with Crippen LogP contribution in [0.15, 0.2) is 42.6 Å². The molecule has 1 heterocycles. The molecule has 1 aromatic heterocycles. The minimum Gasteiger partial charge on any atom is -0.353 e. The first-order valence-corrected chi connectivity index (χ1v) is 10.7. The lowest BCUT2D eigenvalue weighted by molar-refractivity contribution is -0.133. The molecule has 0 unspecified atom stereocenters. The quantitative estimate of drug-likeness (QED) is 0.652. The number of hydrogen-bond donors (Lipinski definition) is 1. The summed E-state index contributed by atoms with van der Waals surface area (Å²) < 4.78 is 2.02. The minimum absolute atomic E-state index is 0.0377. The van der Waals surface area contributed by atoms with Crippen LogP contribution in [-0.2, 0) is 18.4 Å². The molecule has 6 nitrogen and oxygen atoms in total. The number of carbonyl (C=O) groups excluding carboxylic acids is 2. The highest BCUT2D eigenvalue weighted by molar-refractivity contribution is 5.92. The van der Waals surface area contributed by atoms with Gasteiger partial charge in [0.05, 0.1) is 6.54 Å². The van der Waals surface area contributed by atoms with Gasteiger partial charge in [0.15, 0.2) is 0 Å². The number of aromatic nitrogens is 1. The van der Waals surface area contributed by atoms with Gasteiger partial charge in [0.2, 0.25) is 5.91 Å². The molecule has 1 N–H and O–H groups in total. The number of hydrogen-bond acceptors (Lipinski definition) is 2. The third-order valence-electron chi connectivity index (χ3n) is 5.33. The molecule has 30 heavy (non-hydrogen) atoms. The van der Waals surface area contributed by atoms with Crippen LogP contribution in [0, 0.1) is 12.8 Å². The van der Waals surface area contributed by atoms with Gasteiger partial charge in [0, 0.05) is 37.2 Å². The Balaban J connectivity index is 2.15. The van der Waals surface area contributed by atoms with Gasteiger partial charge in [-0.1, -0.05) is 38.5 Å². The van der Waals surface area contributed by atoms with E-state index in [1.54, 1.807) is 4.90 Å². The van der Waals surface area contributed by atoms with Crippen LogP contribution in [0.3, 0.4) is 0 Å². The van der Waals surface area contributed by atoms with Crippen molar-refractivity contribution in [1.82, 2.24) is 14.4 Å². The fourth-order valence-corrected chi connectivity index (χ4v) is 3.28. The second-order valence-electron chi connectivity index (χ2n) is 8.46. The summed E-state index contributed by atoms with van der Waals surface area (Å²) in [5.74, 6) is 0.303. The molecule has 1 aromatic carbocycles. The summed E-state index contributed by atoms with van der Waals surface area (Å²) in [6.45, 7) is 11.5. The van der Waals surface area contributed by atoms with E-state index in [1.807, 2.05) is 79.9 Å². The number of anilines is 1. The zero-order valence-corrected chi connectivity index (χ0v) is 19.2. The van der Waals surface area contributed by atoms with E-state index < -0.39 is 0 Å². The Morgan fingerprint density at radius 2 is 1.77 bits per heavy atom. The van der Waals surface area contributed by atoms with Gasteiger partial charge in [-0.25, -0.2) is 4.79 Å². The van der Waals surface area contributed by atoms with Crippen molar-refractivity contribution in [2.24, 2.45) is 13.0 Å². The van der Waals surface area contributed by atoms with Crippen molar-refractivity contribution in [2.45, 2.75) is 53.6 Å². The first-order valence-electron chi connectivity index (χ1n) is 10.7. The number of urea groups is 1. The van der Waals surface area contributed by atoms with Crippen LogP contribution >= 0.6 is 0 Å². The highest BCUT2D eigenvalue weighted by atomic mass is 16.2. The zero-order chi connectivity index (χ0) is 22.3. The normalized spacial score (nSPS) is 12.0. The maximum absolute atomic E-state index is 13.2. The molecule has 1 atom stereocenters. The number of rotatable bonds is 9. The molecule has 164 valence electrons. The predicted octanol–water partition coefficient (Wildman–Crippen LogP) is 4.65. The molecule has 0 aliphatic carbocycles. The Morgan fingerprint density at radius 3 is 2.30 bits per heavy atom. The summed E-state index contributed by atoms with van der Waals surface area (Å²) in [5, 5.41) is 2.94. The average molecular weight is 413 g/mol. The van der Waals surface area contributed by atoms with E-state index in [1.165, 1.54) is 0 Å². The van der Waals surface area contributed by atoms with Crippen LogP contribution in [0.5, 0.6) is 0 Å². The molecule has 0 fully saturated rings. The van der Waals surface area contributed by atoms with Gasteiger partial charge in [-0.3, -0.25) is 4.79 Å². The van der Waals surface area contributed by atoms with Gasteiger partial charge < -0.3 is 19.7 Å². The number of amides is 3. The molecule has 3 amide bonds. The van der Waals surface area contributed by atoms with E-state index in [-0.39, 0.29) is 24.5 Å². The van der Waals surface area contributed by atoms with E-state index in [0.29, 0.717) is 19.0 Å². The van der Waals surface area contributed by atoms with Crippen molar-refractivity contribution in [3.05, 3.63) is 53.9 Å².